The molecule has 0 saturated carbocycles. The lowest BCUT2D eigenvalue weighted by Crippen LogP contribution is -1.79. The lowest BCUT2D eigenvalue weighted by Gasteiger charge is -1.98. The second-order valence-electron chi connectivity index (χ2n) is 1.87. The van der Waals surface area contributed by atoms with Gasteiger partial charge in [0, 0.05) is 0 Å². The van der Waals surface area contributed by atoms with Crippen LogP contribution in [0.3, 0.4) is 0 Å². The fourth-order valence-corrected chi connectivity index (χ4v) is 0.657. The summed E-state index contributed by atoms with van der Waals surface area (Å²) in [4.78, 5) is 0. The van der Waals surface area contributed by atoms with Crippen LogP contribution in [0.15, 0.2) is 17.7 Å². The van der Waals surface area contributed by atoms with E-state index in [1.807, 2.05) is 6.08 Å². The van der Waals surface area contributed by atoms with Crippen molar-refractivity contribution < 1.29 is 0 Å². The van der Waals surface area contributed by atoms with Gasteiger partial charge in [0.25, 0.3) is 0 Å². The number of hydrogen-bond donors (Lipinski definition) is 0. The Balaban J connectivity index is 2.57. The van der Waals surface area contributed by atoms with Gasteiger partial charge < -0.3 is 0 Å². The van der Waals surface area contributed by atoms with Gasteiger partial charge in [-0.2, -0.15) is 0 Å². The molecule has 0 aromatic heterocycles. The van der Waals surface area contributed by atoms with Crippen LogP contribution in [0.2, 0.25) is 0 Å². The van der Waals surface area contributed by atoms with Gasteiger partial charge in [-0.05, 0) is 25.8 Å². The summed E-state index contributed by atoms with van der Waals surface area (Å²) in [5.74, 6) is 0. The van der Waals surface area contributed by atoms with E-state index in [4.69, 9.17) is 0 Å². The van der Waals surface area contributed by atoms with Gasteiger partial charge in [-0.15, -0.1) is 0 Å². The fourth-order valence-electron chi connectivity index (χ4n) is 0.657. The third-order valence-electron chi connectivity index (χ3n) is 1.13. The van der Waals surface area contributed by atoms with Crippen molar-refractivity contribution in [1.29, 1.82) is 0 Å². The van der Waals surface area contributed by atoms with Crippen LogP contribution >= 0.6 is 0 Å². The summed E-state index contributed by atoms with van der Waals surface area (Å²) < 4.78 is 0. The van der Waals surface area contributed by atoms with Crippen molar-refractivity contribution in [2.45, 2.75) is 19.8 Å². The second-order valence-corrected chi connectivity index (χ2v) is 1.87. The van der Waals surface area contributed by atoms with Crippen molar-refractivity contribution >= 4 is 0 Å². The van der Waals surface area contributed by atoms with E-state index in [-0.39, 0.29) is 0 Å². The van der Waals surface area contributed by atoms with Gasteiger partial charge in [0.2, 0.25) is 0 Å². The molecule has 0 heterocycles. The smallest absolute Gasteiger partial charge is 0.0199 e. The molecule has 0 aromatic carbocycles. The van der Waals surface area contributed by atoms with E-state index < -0.39 is 0 Å². The molecule has 0 bridgehead atoms. The molecule has 0 heteroatoms. The molecule has 37 valence electrons. The van der Waals surface area contributed by atoms with Crippen molar-refractivity contribution in [2.75, 3.05) is 0 Å². The number of rotatable bonds is 0. The van der Waals surface area contributed by atoms with E-state index in [1.165, 1.54) is 18.4 Å². The molecule has 7 heavy (non-hydrogen) atoms. The summed E-state index contributed by atoms with van der Waals surface area (Å²) in [7, 11) is 0. The standard InChI is InChI=1S/C7H9/c1-7-5-3-2-4-6-7/h2-3H,4,6H2,1H3. The zero-order valence-electron chi connectivity index (χ0n) is 4.57. The van der Waals surface area contributed by atoms with Gasteiger partial charge in [0.1, 0.15) is 0 Å². The Kier molecular flexibility index (Phi) is 1.30. The van der Waals surface area contributed by atoms with Crippen LogP contribution in [0.4, 0.5) is 0 Å². The Hall–Kier alpha value is -0.520. The normalized spacial score (nSPS) is 19.3. The summed E-state index contributed by atoms with van der Waals surface area (Å²) >= 11 is 0. The fraction of sp³-hybridized carbons (Fsp3) is 0.429. The van der Waals surface area contributed by atoms with E-state index in [9.17, 15) is 0 Å². The first-order chi connectivity index (χ1) is 3.39. The largest absolute Gasteiger partial charge is 0.0836 e. The molecule has 0 fully saturated rings. The monoisotopic (exact) mass is 93.1 g/mol. The summed E-state index contributed by atoms with van der Waals surface area (Å²) in [6, 6.07) is 0. The van der Waals surface area contributed by atoms with Crippen molar-refractivity contribution in [3.05, 3.63) is 23.8 Å². The third-order valence-corrected chi connectivity index (χ3v) is 1.13. The van der Waals surface area contributed by atoms with E-state index in [1.54, 1.807) is 0 Å². The Bertz CT molecular complexity index is 107. The van der Waals surface area contributed by atoms with Crippen LogP contribution in [-0.4, -0.2) is 0 Å². The van der Waals surface area contributed by atoms with Crippen molar-refractivity contribution in [3.8, 4) is 0 Å². The Morgan fingerprint density at radius 2 is 2.57 bits per heavy atom. The molecule has 0 saturated heterocycles. The molecule has 0 aromatic rings. The minimum atomic E-state index is 1.20. The van der Waals surface area contributed by atoms with E-state index in [0.717, 1.165) is 0 Å². The van der Waals surface area contributed by atoms with Crippen LogP contribution in [0, 0.1) is 6.08 Å². The van der Waals surface area contributed by atoms with E-state index >= 15 is 0 Å². The number of allylic oxidation sites excluding steroid dienone is 4. The Morgan fingerprint density at radius 3 is 2.86 bits per heavy atom. The molecular formula is C7H9. The maximum absolute atomic E-state index is 3.12. The van der Waals surface area contributed by atoms with Gasteiger partial charge in [-0.25, -0.2) is 0 Å². The lowest BCUT2D eigenvalue weighted by atomic mass is 10.1. The highest BCUT2D eigenvalue weighted by Gasteiger charge is 1.89. The molecule has 1 radical (unpaired) electrons. The Labute approximate surface area is 44.5 Å². The summed E-state index contributed by atoms with van der Waals surface area (Å²) in [6.45, 7) is 2.11. The Morgan fingerprint density at radius 1 is 1.71 bits per heavy atom. The summed E-state index contributed by atoms with van der Waals surface area (Å²) in [5, 5.41) is 0. The molecule has 0 N–H and O–H groups in total. The minimum absolute atomic E-state index is 1.20. The van der Waals surface area contributed by atoms with Crippen LogP contribution < -0.4 is 0 Å². The van der Waals surface area contributed by atoms with Crippen LogP contribution in [0.25, 0.3) is 0 Å². The summed E-state index contributed by atoms with van der Waals surface area (Å²) in [5.41, 5.74) is 1.38. The van der Waals surface area contributed by atoms with E-state index in [2.05, 4.69) is 19.1 Å². The number of hydrogen-bond acceptors (Lipinski definition) is 0. The van der Waals surface area contributed by atoms with Gasteiger partial charge in [-0.1, -0.05) is 17.7 Å². The molecular weight excluding hydrogens is 84.1 g/mol. The second kappa shape index (κ2) is 1.97. The molecule has 0 unspecified atom stereocenters. The minimum Gasteiger partial charge on any atom is -0.0836 e. The molecule has 0 atom stereocenters. The molecule has 1 aliphatic rings. The van der Waals surface area contributed by atoms with Crippen LogP contribution in [0.5, 0.6) is 0 Å². The highest BCUT2D eigenvalue weighted by Crippen LogP contribution is 2.08. The molecule has 0 amide bonds. The van der Waals surface area contributed by atoms with Crippen molar-refractivity contribution in [2.24, 2.45) is 0 Å². The molecule has 1 aliphatic carbocycles. The zero-order chi connectivity index (χ0) is 5.11. The van der Waals surface area contributed by atoms with E-state index in [0.29, 0.717) is 0 Å². The first kappa shape index (κ1) is 4.63. The highest BCUT2D eigenvalue weighted by molar-refractivity contribution is 5.09. The van der Waals surface area contributed by atoms with Crippen LogP contribution in [-0.2, 0) is 0 Å². The highest BCUT2D eigenvalue weighted by atomic mass is 13.9. The first-order valence-corrected chi connectivity index (χ1v) is 2.63. The predicted octanol–water partition coefficient (Wildman–Crippen LogP) is 2.09. The van der Waals surface area contributed by atoms with Crippen LogP contribution in [0.1, 0.15) is 19.8 Å². The third kappa shape index (κ3) is 1.19. The molecule has 1 rings (SSSR count). The average Bonchev–Trinajstić information content (AvgIpc) is 1.69. The van der Waals surface area contributed by atoms with Gasteiger partial charge in [0.15, 0.2) is 0 Å². The average molecular weight is 93.1 g/mol. The lowest BCUT2D eigenvalue weighted by molar-refractivity contribution is 0.954. The van der Waals surface area contributed by atoms with Crippen molar-refractivity contribution in [1.82, 2.24) is 0 Å². The topological polar surface area (TPSA) is 0 Å². The van der Waals surface area contributed by atoms with Crippen molar-refractivity contribution in [3.63, 3.8) is 0 Å². The van der Waals surface area contributed by atoms with Gasteiger partial charge in [-0.3, -0.25) is 0 Å². The predicted molar refractivity (Wildman–Crippen MR) is 30.8 cm³/mol. The molecule has 0 nitrogen and oxygen atoms in total. The molecule has 0 spiro atoms. The van der Waals surface area contributed by atoms with Gasteiger partial charge in [0.05, 0.1) is 0 Å². The SMILES string of the molecule is CC1=[C]C=CCC1. The molecule has 0 aliphatic heterocycles. The van der Waals surface area contributed by atoms with Gasteiger partial charge >= 0.3 is 0 Å². The maximum Gasteiger partial charge on any atom is -0.0199 e. The zero-order valence-corrected chi connectivity index (χ0v) is 4.57. The maximum atomic E-state index is 3.12. The first-order valence-electron chi connectivity index (χ1n) is 2.63. The summed E-state index contributed by atoms with van der Waals surface area (Å²) in [6.07, 6.45) is 9.67. The quantitative estimate of drug-likeness (QED) is 0.430.